The minimum absolute atomic E-state index is 0.565. The van der Waals surface area contributed by atoms with Crippen LogP contribution in [0.4, 0.5) is 0 Å². The second kappa shape index (κ2) is 5.08. The van der Waals surface area contributed by atoms with Crippen LogP contribution < -0.4 is 0 Å². The van der Waals surface area contributed by atoms with Crippen molar-refractivity contribution < 1.29 is 4.74 Å². The summed E-state index contributed by atoms with van der Waals surface area (Å²) in [4.78, 5) is 0. The van der Waals surface area contributed by atoms with E-state index in [4.69, 9.17) is 10.00 Å². The summed E-state index contributed by atoms with van der Waals surface area (Å²) in [6.45, 7) is 4.47. The van der Waals surface area contributed by atoms with E-state index in [0.29, 0.717) is 12.2 Å². The molecule has 2 heteroatoms. The number of nitrogens with zero attached hydrogens (tertiary/aromatic N) is 1. The number of aryl methyl sites for hydroxylation is 1. The van der Waals surface area contributed by atoms with Crippen LogP contribution >= 0.6 is 0 Å². The van der Waals surface area contributed by atoms with Crippen LogP contribution in [0.5, 0.6) is 0 Å². The minimum atomic E-state index is 0.565. The van der Waals surface area contributed by atoms with Gasteiger partial charge in [0.1, 0.15) is 12.3 Å². The van der Waals surface area contributed by atoms with Crippen molar-refractivity contribution in [2.75, 3.05) is 6.61 Å². The lowest BCUT2D eigenvalue weighted by Gasteiger charge is -2.00. The van der Waals surface area contributed by atoms with Crippen molar-refractivity contribution in [1.82, 2.24) is 0 Å². The van der Waals surface area contributed by atoms with Crippen LogP contribution in [0.1, 0.15) is 18.1 Å². The van der Waals surface area contributed by atoms with Crippen molar-refractivity contribution in [2.45, 2.75) is 13.8 Å². The van der Waals surface area contributed by atoms with Gasteiger partial charge in [0.2, 0.25) is 0 Å². The Bertz CT molecular complexity index is 374. The van der Waals surface area contributed by atoms with Crippen molar-refractivity contribution in [3.05, 3.63) is 41.7 Å². The second-order valence-electron chi connectivity index (χ2n) is 2.97. The summed E-state index contributed by atoms with van der Waals surface area (Å²) in [7, 11) is 0. The highest BCUT2D eigenvalue weighted by Gasteiger charge is 2.00. The maximum Gasteiger partial charge on any atom is 0.103 e. The predicted octanol–water partition coefficient (Wildman–Crippen LogP) is 2.90. The molecule has 0 aliphatic carbocycles. The molecule has 1 aromatic carbocycles. The number of rotatable bonds is 3. The number of hydrogen-bond donors (Lipinski definition) is 0. The Kier molecular flexibility index (Phi) is 3.75. The Labute approximate surface area is 84.4 Å². The molecule has 0 saturated carbocycles. The molecule has 0 heterocycles. The molecular weight excluding hydrogens is 174 g/mol. The molecule has 0 spiro atoms. The highest BCUT2D eigenvalue weighted by atomic mass is 16.5. The highest BCUT2D eigenvalue weighted by Crippen LogP contribution is 2.14. The van der Waals surface area contributed by atoms with E-state index >= 15 is 0 Å². The molecule has 14 heavy (non-hydrogen) atoms. The highest BCUT2D eigenvalue weighted by molar-refractivity contribution is 5.76. The van der Waals surface area contributed by atoms with Crippen LogP contribution in [0.25, 0.3) is 5.57 Å². The second-order valence-corrected chi connectivity index (χ2v) is 2.97. The van der Waals surface area contributed by atoms with Crippen LogP contribution in [0.3, 0.4) is 0 Å². The molecule has 0 unspecified atom stereocenters. The van der Waals surface area contributed by atoms with Crippen LogP contribution in [-0.4, -0.2) is 6.61 Å². The van der Waals surface area contributed by atoms with E-state index in [9.17, 15) is 0 Å². The summed E-state index contributed by atoms with van der Waals surface area (Å²) in [5.41, 5.74) is 2.61. The SMILES string of the molecule is CCO/C=C(/C#N)c1cccc(C)c1. The molecule has 0 aromatic heterocycles. The largest absolute Gasteiger partial charge is 0.500 e. The van der Waals surface area contributed by atoms with Crippen molar-refractivity contribution in [3.63, 3.8) is 0 Å². The van der Waals surface area contributed by atoms with Gasteiger partial charge in [-0.3, -0.25) is 0 Å². The van der Waals surface area contributed by atoms with Crippen molar-refractivity contribution in [2.24, 2.45) is 0 Å². The lowest BCUT2D eigenvalue weighted by Crippen LogP contribution is -1.85. The molecule has 0 aliphatic rings. The maximum absolute atomic E-state index is 8.90. The molecule has 0 bridgehead atoms. The molecule has 1 rings (SSSR count). The van der Waals surface area contributed by atoms with Gasteiger partial charge in [0, 0.05) is 0 Å². The third-order valence-corrected chi connectivity index (χ3v) is 1.82. The number of nitriles is 1. The van der Waals surface area contributed by atoms with Gasteiger partial charge in [0.15, 0.2) is 0 Å². The molecule has 0 fully saturated rings. The average molecular weight is 187 g/mol. The third kappa shape index (κ3) is 2.63. The number of benzene rings is 1. The summed E-state index contributed by atoms with van der Waals surface area (Å²) >= 11 is 0. The zero-order valence-electron chi connectivity index (χ0n) is 8.45. The molecule has 1 aromatic rings. The summed E-state index contributed by atoms with van der Waals surface area (Å²) in [5, 5.41) is 8.90. The topological polar surface area (TPSA) is 33.0 Å². The minimum Gasteiger partial charge on any atom is -0.500 e. The van der Waals surface area contributed by atoms with Gasteiger partial charge >= 0.3 is 0 Å². The molecule has 0 atom stereocenters. The molecule has 0 N–H and O–H groups in total. The maximum atomic E-state index is 8.90. The first-order chi connectivity index (χ1) is 6.77. The van der Waals surface area contributed by atoms with E-state index in [1.54, 1.807) is 0 Å². The summed E-state index contributed by atoms with van der Waals surface area (Å²) in [5.74, 6) is 0. The standard InChI is InChI=1S/C12H13NO/c1-3-14-9-12(8-13)11-6-4-5-10(2)7-11/h4-7,9H,3H2,1-2H3/b12-9-. The van der Waals surface area contributed by atoms with E-state index in [1.165, 1.54) is 6.26 Å². The fourth-order valence-corrected chi connectivity index (χ4v) is 1.14. The zero-order chi connectivity index (χ0) is 10.4. The Hall–Kier alpha value is -1.75. The average Bonchev–Trinajstić information content (AvgIpc) is 2.19. The smallest absolute Gasteiger partial charge is 0.103 e. The van der Waals surface area contributed by atoms with Crippen LogP contribution in [0.2, 0.25) is 0 Å². The Balaban J connectivity index is 2.96. The van der Waals surface area contributed by atoms with Crippen LogP contribution in [0.15, 0.2) is 30.5 Å². The first-order valence-corrected chi connectivity index (χ1v) is 4.57. The molecule has 0 saturated heterocycles. The number of hydrogen-bond acceptors (Lipinski definition) is 2. The van der Waals surface area contributed by atoms with E-state index in [0.717, 1.165) is 11.1 Å². The van der Waals surface area contributed by atoms with Gasteiger partial charge in [-0.15, -0.1) is 0 Å². The van der Waals surface area contributed by atoms with Gasteiger partial charge in [-0.1, -0.05) is 29.8 Å². The molecule has 0 amide bonds. The van der Waals surface area contributed by atoms with Gasteiger partial charge < -0.3 is 4.74 Å². The van der Waals surface area contributed by atoms with Gasteiger partial charge in [-0.2, -0.15) is 5.26 Å². The van der Waals surface area contributed by atoms with Gasteiger partial charge in [0.05, 0.1) is 12.2 Å². The quantitative estimate of drug-likeness (QED) is 0.538. The number of allylic oxidation sites excluding steroid dienone is 1. The normalized spacial score (nSPS) is 10.8. The van der Waals surface area contributed by atoms with Crippen molar-refractivity contribution in [1.29, 1.82) is 5.26 Å². The van der Waals surface area contributed by atoms with Crippen molar-refractivity contribution >= 4 is 5.57 Å². The van der Waals surface area contributed by atoms with Crippen molar-refractivity contribution in [3.8, 4) is 6.07 Å². The van der Waals surface area contributed by atoms with Gasteiger partial charge in [0.25, 0.3) is 0 Å². The summed E-state index contributed by atoms with van der Waals surface area (Å²) in [6, 6.07) is 9.92. The first kappa shape index (κ1) is 10.3. The summed E-state index contributed by atoms with van der Waals surface area (Å²) < 4.78 is 5.10. The lowest BCUT2D eigenvalue weighted by molar-refractivity contribution is 0.271. The van der Waals surface area contributed by atoms with Crippen LogP contribution in [-0.2, 0) is 4.74 Å². The van der Waals surface area contributed by atoms with Crippen LogP contribution in [0, 0.1) is 18.3 Å². The van der Waals surface area contributed by atoms with E-state index < -0.39 is 0 Å². The molecule has 2 nitrogen and oxygen atoms in total. The van der Waals surface area contributed by atoms with E-state index in [2.05, 4.69) is 6.07 Å². The monoisotopic (exact) mass is 187 g/mol. The van der Waals surface area contributed by atoms with E-state index in [-0.39, 0.29) is 0 Å². The zero-order valence-corrected chi connectivity index (χ0v) is 8.45. The number of ether oxygens (including phenoxy) is 1. The fourth-order valence-electron chi connectivity index (χ4n) is 1.14. The Morgan fingerprint density at radius 3 is 2.93 bits per heavy atom. The first-order valence-electron chi connectivity index (χ1n) is 4.57. The predicted molar refractivity (Wildman–Crippen MR) is 56.4 cm³/mol. The Morgan fingerprint density at radius 2 is 2.36 bits per heavy atom. The van der Waals surface area contributed by atoms with E-state index in [1.807, 2.05) is 38.1 Å². The van der Waals surface area contributed by atoms with Gasteiger partial charge in [-0.05, 0) is 19.4 Å². The molecule has 0 aliphatic heterocycles. The molecule has 0 radical (unpaired) electrons. The lowest BCUT2D eigenvalue weighted by atomic mass is 10.1. The third-order valence-electron chi connectivity index (χ3n) is 1.82. The fraction of sp³-hybridized carbons (Fsp3) is 0.250. The Morgan fingerprint density at radius 1 is 1.57 bits per heavy atom. The van der Waals surface area contributed by atoms with Gasteiger partial charge in [-0.25, -0.2) is 0 Å². The summed E-state index contributed by atoms with van der Waals surface area (Å²) in [6.07, 6.45) is 1.51. The molecular formula is C12H13NO. The molecule has 72 valence electrons.